The molecule has 0 bridgehead atoms. The van der Waals surface area contributed by atoms with Crippen LogP contribution in [0.4, 0.5) is 4.79 Å². The van der Waals surface area contributed by atoms with Gasteiger partial charge in [0.25, 0.3) is 5.91 Å². The number of hydrogen-bond acceptors (Lipinski definition) is 5. The van der Waals surface area contributed by atoms with Crippen molar-refractivity contribution in [2.45, 2.75) is 25.3 Å². The molecule has 124 valence electrons. The molecule has 1 aromatic rings. The van der Waals surface area contributed by atoms with Crippen LogP contribution in [0.15, 0.2) is 30.3 Å². The molecule has 3 rings (SSSR count). The van der Waals surface area contributed by atoms with Gasteiger partial charge in [-0.25, -0.2) is 4.79 Å². The number of nitrogens with one attached hydrogen (secondary N) is 1. The Morgan fingerprint density at radius 1 is 1.26 bits per heavy atom. The third kappa shape index (κ3) is 3.17. The number of nitrogens with zero attached hydrogens (tertiary/aromatic N) is 1. The van der Waals surface area contributed by atoms with Crippen LogP contribution in [0.5, 0.6) is 5.75 Å². The lowest BCUT2D eigenvalue weighted by atomic mass is 9.96. The molecule has 0 aromatic heterocycles. The van der Waals surface area contributed by atoms with Gasteiger partial charge in [0.1, 0.15) is 17.0 Å². The Bertz CT molecular complexity index is 729. The molecule has 1 unspecified atom stereocenters. The van der Waals surface area contributed by atoms with E-state index in [-0.39, 0.29) is 24.1 Å². The van der Waals surface area contributed by atoms with Crippen molar-refractivity contribution in [1.29, 1.82) is 0 Å². The summed E-state index contributed by atoms with van der Waals surface area (Å²) in [5.74, 6) is -0.463. The molecule has 0 radical (unpaired) electrons. The molecule has 1 saturated heterocycles. The molecule has 1 saturated carbocycles. The van der Waals surface area contributed by atoms with E-state index in [1.807, 2.05) is 0 Å². The van der Waals surface area contributed by atoms with E-state index in [2.05, 4.69) is 5.32 Å². The van der Waals surface area contributed by atoms with Crippen molar-refractivity contribution in [2.24, 2.45) is 5.92 Å². The van der Waals surface area contributed by atoms with Crippen molar-refractivity contribution < 1.29 is 22.2 Å². The topological polar surface area (TPSA) is 92.8 Å². The van der Waals surface area contributed by atoms with Crippen molar-refractivity contribution in [3.8, 4) is 5.75 Å². The predicted molar refractivity (Wildman–Crippen MR) is 82.2 cm³/mol. The van der Waals surface area contributed by atoms with E-state index in [1.54, 1.807) is 25.1 Å². The SMILES string of the molecule is CC1(C2CC2)NC(=O)N(CCS(=O)(=O)Oc2ccccc2)C1=O. The van der Waals surface area contributed by atoms with E-state index in [0.29, 0.717) is 0 Å². The molecule has 3 amide bonds. The van der Waals surface area contributed by atoms with E-state index in [1.165, 1.54) is 12.1 Å². The molecule has 0 spiro atoms. The van der Waals surface area contributed by atoms with E-state index >= 15 is 0 Å². The molecule has 1 atom stereocenters. The third-order valence-corrected chi connectivity index (χ3v) is 5.36. The van der Waals surface area contributed by atoms with Crippen LogP contribution < -0.4 is 9.50 Å². The van der Waals surface area contributed by atoms with Crippen molar-refractivity contribution in [3.05, 3.63) is 30.3 Å². The van der Waals surface area contributed by atoms with Gasteiger partial charge < -0.3 is 9.50 Å². The first-order valence-electron chi connectivity index (χ1n) is 7.43. The van der Waals surface area contributed by atoms with Gasteiger partial charge in [0.15, 0.2) is 0 Å². The van der Waals surface area contributed by atoms with E-state index in [9.17, 15) is 18.0 Å². The fourth-order valence-corrected chi connectivity index (χ4v) is 3.62. The highest BCUT2D eigenvalue weighted by molar-refractivity contribution is 7.87. The number of imide groups is 1. The average molecular weight is 338 g/mol. The Balaban J connectivity index is 1.63. The zero-order valence-corrected chi connectivity index (χ0v) is 13.5. The lowest BCUT2D eigenvalue weighted by Crippen LogP contribution is -2.46. The molecule has 2 fully saturated rings. The van der Waals surface area contributed by atoms with Crippen molar-refractivity contribution in [1.82, 2.24) is 10.2 Å². The summed E-state index contributed by atoms with van der Waals surface area (Å²) >= 11 is 0. The van der Waals surface area contributed by atoms with Crippen LogP contribution in [-0.2, 0) is 14.9 Å². The van der Waals surface area contributed by atoms with Crippen LogP contribution in [-0.4, -0.2) is 43.1 Å². The first kappa shape index (κ1) is 15.8. The molecule has 8 heteroatoms. The highest BCUT2D eigenvalue weighted by Gasteiger charge is 2.55. The predicted octanol–water partition coefficient (Wildman–Crippen LogP) is 1.12. The average Bonchev–Trinajstić information content (AvgIpc) is 3.29. The fraction of sp³-hybridized carbons (Fsp3) is 0.467. The number of benzene rings is 1. The van der Waals surface area contributed by atoms with Crippen LogP contribution in [0.1, 0.15) is 19.8 Å². The second kappa shape index (κ2) is 5.52. The molecular formula is C15H18N2O5S. The summed E-state index contributed by atoms with van der Waals surface area (Å²) in [5.41, 5.74) is -0.902. The van der Waals surface area contributed by atoms with Crippen LogP contribution >= 0.6 is 0 Å². The third-order valence-electron chi connectivity index (χ3n) is 4.23. The maximum absolute atomic E-state index is 12.4. The van der Waals surface area contributed by atoms with Gasteiger partial charge in [-0.15, -0.1) is 0 Å². The number of rotatable bonds is 6. The second-order valence-electron chi connectivity index (χ2n) is 6.02. The van der Waals surface area contributed by atoms with Crippen LogP contribution in [0, 0.1) is 5.92 Å². The van der Waals surface area contributed by atoms with Gasteiger partial charge in [0.2, 0.25) is 0 Å². The summed E-state index contributed by atoms with van der Waals surface area (Å²) in [6.45, 7) is 1.47. The zero-order chi connectivity index (χ0) is 16.7. The quantitative estimate of drug-likeness (QED) is 0.620. The lowest BCUT2D eigenvalue weighted by molar-refractivity contribution is -0.131. The molecule has 1 aliphatic carbocycles. The Morgan fingerprint density at radius 2 is 1.91 bits per heavy atom. The number of hydrogen-bond donors (Lipinski definition) is 1. The molecule has 7 nitrogen and oxygen atoms in total. The summed E-state index contributed by atoms with van der Waals surface area (Å²) in [6.07, 6.45) is 1.79. The Kier molecular flexibility index (Phi) is 3.79. The summed E-state index contributed by atoms with van der Waals surface area (Å²) in [4.78, 5) is 25.3. The van der Waals surface area contributed by atoms with Crippen LogP contribution in [0.3, 0.4) is 0 Å². The number of urea groups is 1. The van der Waals surface area contributed by atoms with Crippen molar-refractivity contribution in [3.63, 3.8) is 0 Å². The Morgan fingerprint density at radius 3 is 2.52 bits per heavy atom. The Labute approximate surface area is 134 Å². The summed E-state index contributed by atoms with van der Waals surface area (Å²) in [7, 11) is -3.88. The smallest absolute Gasteiger partial charge is 0.325 e. The van der Waals surface area contributed by atoms with Gasteiger partial charge in [-0.05, 0) is 37.8 Å². The van der Waals surface area contributed by atoms with E-state index < -0.39 is 27.4 Å². The van der Waals surface area contributed by atoms with E-state index in [0.717, 1.165) is 17.7 Å². The van der Waals surface area contributed by atoms with E-state index in [4.69, 9.17) is 4.18 Å². The largest absolute Gasteiger partial charge is 0.382 e. The normalized spacial score (nSPS) is 24.7. The minimum Gasteiger partial charge on any atom is -0.382 e. The fourth-order valence-electron chi connectivity index (χ4n) is 2.72. The van der Waals surface area contributed by atoms with Crippen molar-refractivity contribution >= 4 is 22.1 Å². The molecule has 1 aliphatic heterocycles. The molecule has 1 heterocycles. The number of amides is 3. The van der Waals surface area contributed by atoms with Gasteiger partial charge in [-0.3, -0.25) is 9.69 Å². The first-order valence-corrected chi connectivity index (χ1v) is 9.01. The summed E-state index contributed by atoms with van der Waals surface area (Å²) in [6, 6.07) is 7.56. The molecular weight excluding hydrogens is 320 g/mol. The number of para-hydroxylation sites is 1. The minimum atomic E-state index is -3.88. The highest BCUT2D eigenvalue weighted by atomic mass is 32.2. The lowest BCUT2D eigenvalue weighted by Gasteiger charge is -2.20. The first-order chi connectivity index (χ1) is 10.8. The summed E-state index contributed by atoms with van der Waals surface area (Å²) < 4.78 is 28.9. The minimum absolute atomic E-state index is 0.140. The monoisotopic (exact) mass is 338 g/mol. The summed E-state index contributed by atoms with van der Waals surface area (Å²) in [5, 5.41) is 2.68. The molecule has 2 aliphatic rings. The number of carbonyl (C=O) groups excluding carboxylic acids is 2. The van der Waals surface area contributed by atoms with Gasteiger partial charge in [0, 0.05) is 6.54 Å². The maximum atomic E-state index is 12.4. The van der Waals surface area contributed by atoms with Crippen LogP contribution in [0.25, 0.3) is 0 Å². The number of carbonyl (C=O) groups is 2. The molecule has 1 N–H and O–H groups in total. The Hall–Kier alpha value is -2.09. The highest BCUT2D eigenvalue weighted by Crippen LogP contribution is 2.42. The zero-order valence-electron chi connectivity index (χ0n) is 12.7. The van der Waals surface area contributed by atoms with Gasteiger partial charge in [-0.2, -0.15) is 8.42 Å². The second-order valence-corrected chi connectivity index (χ2v) is 7.71. The van der Waals surface area contributed by atoms with Gasteiger partial charge >= 0.3 is 16.1 Å². The molecule has 23 heavy (non-hydrogen) atoms. The van der Waals surface area contributed by atoms with Crippen LogP contribution in [0.2, 0.25) is 0 Å². The maximum Gasteiger partial charge on any atom is 0.325 e. The molecule has 1 aromatic carbocycles. The van der Waals surface area contributed by atoms with Gasteiger partial charge in [-0.1, -0.05) is 18.2 Å². The van der Waals surface area contributed by atoms with Gasteiger partial charge in [0.05, 0.1) is 0 Å². The van der Waals surface area contributed by atoms with Crippen molar-refractivity contribution in [2.75, 3.05) is 12.3 Å². The standard InChI is InChI=1S/C15H18N2O5S/c1-15(11-7-8-11)13(18)17(14(19)16-15)9-10-23(20,21)22-12-5-3-2-4-6-12/h2-6,11H,7-10H2,1H3,(H,16,19).